The number of carbonyl (C=O) groups excluding carboxylic acids is 1. The summed E-state index contributed by atoms with van der Waals surface area (Å²) < 4.78 is 12.4. The number of ether oxygens (including phenoxy) is 2. The molecule has 150 valence electrons. The van der Waals surface area contributed by atoms with Crippen molar-refractivity contribution in [2.24, 2.45) is 11.3 Å². The second-order valence-corrected chi connectivity index (χ2v) is 8.36. The third-order valence-electron chi connectivity index (χ3n) is 5.22. The molecule has 0 radical (unpaired) electrons. The van der Waals surface area contributed by atoms with Crippen molar-refractivity contribution in [2.75, 3.05) is 0 Å². The largest absolute Gasteiger partial charge is 0.457 e. The second-order valence-electron chi connectivity index (χ2n) is 7.44. The molecule has 0 heterocycles. The first kappa shape index (κ1) is 20.2. The molecule has 30 heavy (non-hydrogen) atoms. The number of carbonyl (C=O) groups is 1. The van der Waals surface area contributed by atoms with Crippen molar-refractivity contribution in [3.63, 3.8) is 0 Å². The minimum Gasteiger partial charge on any atom is -0.457 e. The SMILES string of the molecule is N#CC(Cc1cccc(Oc2ccccc2)c1)(C(=O)Oc1ccc(Br)cc1)C1CC1. The molecule has 1 atom stereocenters. The van der Waals surface area contributed by atoms with E-state index in [1.54, 1.807) is 24.3 Å². The number of para-hydroxylation sites is 1. The lowest BCUT2D eigenvalue weighted by atomic mass is 9.78. The van der Waals surface area contributed by atoms with Gasteiger partial charge in [0.05, 0.1) is 6.07 Å². The standard InChI is InChI=1S/C25H20BrNO3/c26-20-11-13-22(14-12-20)30-24(28)25(17-27,19-9-10-19)16-18-5-4-8-23(15-18)29-21-6-2-1-3-7-21/h1-8,11-15,19H,9-10,16H2. The van der Waals surface area contributed by atoms with Crippen LogP contribution in [0.4, 0.5) is 0 Å². The summed E-state index contributed by atoms with van der Waals surface area (Å²) in [5.41, 5.74) is -0.344. The Morgan fingerprint density at radius 3 is 2.33 bits per heavy atom. The smallest absolute Gasteiger partial charge is 0.332 e. The van der Waals surface area contributed by atoms with Crippen LogP contribution in [0.3, 0.4) is 0 Å². The van der Waals surface area contributed by atoms with Crippen LogP contribution in [0.15, 0.2) is 83.3 Å². The second kappa shape index (κ2) is 8.73. The molecule has 0 bridgehead atoms. The molecule has 1 aliphatic carbocycles. The van der Waals surface area contributed by atoms with Gasteiger partial charge in [0.1, 0.15) is 17.2 Å². The van der Waals surface area contributed by atoms with Crippen LogP contribution >= 0.6 is 15.9 Å². The summed E-state index contributed by atoms with van der Waals surface area (Å²) in [6.45, 7) is 0. The van der Waals surface area contributed by atoms with E-state index >= 15 is 0 Å². The lowest BCUT2D eigenvalue weighted by Gasteiger charge is -2.24. The summed E-state index contributed by atoms with van der Waals surface area (Å²) in [7, 11) is 0. The van der Waals surface area contributed by atoms with Crippen LogP contribution in [0.25, 0.3) is 0 Å². The zero-order chi connectivity index (χ0) is 21.0. The number of rotatable bonds is 7. The highest BCUT2D eigenvalue weighted by Crippen LogP contribution is 2.48. The van der Waals surface area contributed by atoms with Crippen molar-refractivity contribution in [1.82, 2.24) is 0 Å². The zero-order valence-electron chi connectivity index (χ0n) is 16.3. The molecule has 0 N–H and O–H groups in total. The Labute approximate surface area is 184 Å². The van der Waals surface area contributed by atoms with E-state index in [1.165, 1.54) is 0 Å². The average Bonchev–Trinajstić information content (AvgIpc) is 3.60. The normalized spacial score (nSPS) is 14.9. The summed E-state index contributed by atoms with van der Waals surface area (Å²) in [4.78, 5) is 13.1. The van der Waals surface area contributed by atoms with Gasteiger partial charge in [0.25, 0.3) is 0 Å². The molecule has 1 unspecified atom stereocenters. The summed E-state index contributed by atoms with van der Waals surface area (Å²) in [6.07, 6.45) is 1.99. The number of nitrogens with zero attached hydrogens (tertiary/aromatic N) is 1. The molecule has 1 saturated carbocycles. The van der Waals surface area contributed by atoms with E-state index in [1.807, 2.05) is 54.6 Å². The first-order chi connectivity index (χ1) is 14.6. The summed E-state index contributed by atoms with van der Waals surface area (Å²) >= 11 is 3.37. The van der Waals surface area contributed by atoms with Crippen LogP contribution in [0.5, 0.6) is 17.2 Å². The fourth-order valence-corrected chi connectivity index (χ4v) is 3.77. The number of halogens is 1. The van der Waals surface area contributed by atoms with E-state index in [-0.39, 0.29) is 12.3 Å². The average molecular weight is 462 g/mol. The third-order valence-corrected chi connectivity index (χ3v) is 5.75. The number of hydrogen-bond donors (Lipinski definition) is 0. The Morgan fingerprint density at radius 1 is 0.967 bits per heavy atom. The van der Waals surface area contributed by atoms with Gasteiger partial charge >= 0.3 is 5.97 Å². The molecule has 1 aliphatic rings. The number of nitriles is 1. The number of benzene rings is 3. The van der Waals surface area contributed by atoms with Gasteiger partial charge in [-0.15, -0.1) is 0 Å². The maximum atomic E-state index is 13.1. The molecule has 3 aromatic rings. The topological polar surface area (TPSA) is 59.3 Å². The predicted octanol–water partition coefficient (Wildman–Crippen LogP) is 6.31. The molecular formula is C25H20BrNO3. The van der Waals surface area contributed by atoms with E-state index in [0.29, 0.717) is 11.5 Å². The van der Waals surface area contributed by atoms with Crippen molar-refractivity contribution in [2.45, 2.75) is 19.3 Å². The Morgan fingerprint density at radius 2 is 1.67 bits per heavy atom. The highest BCUT2D eigenvalue weighted by Gasteiger charge is 2.53. The van der Waals surface area contributed by atoms with Crippen molar-refractivity contribution in [1.29, 1.82) is 5.26 Å². The van der Waals surface area contributed by atoms with Gasteiger partial charge in [0.2, 0.25) is 0 Å². The summed E-state index contributed by atoms with van der Waals surface area (Å²) in [6, 6.07) is 26.4. The Bertz CT molecular complexity index is 1070. The van der Waals surface area contributed by atoms with Crippen LogP contribution in [0.1, 0.15) is 18.4 Å². The van der Waals surface area contributed by atoms with E-state index in [4.69, 9.17) is 9.47 Å². The molecule has 4 nitrogen and oxygen atoms in total. The van der Waals surface area contributed by atoms with Gasteiger partial charge in [0, 0.05) is 10.9 Å². The molecule has 4 rings (SSSR count). The predicted molar refractivity (Wildman–Crippen MR) is 117 cm³/mol. The van der Waals surface area contributed by atoms with Gasteiger partial charge in [-0.1, -0.05) is 46.3 Å². The van der Waals surface area contributed by atoms with Crippen molar-refractivity contribution < 1.29 is 14.3 Å². The summed E-state index contributed by atoms with van der Waals surface area (Å²) in [5.74, 6) is 1.35. The van der Waals surface area contributed by atoms with Crippen molar-refractivity contribution in [3.8, 4) is 23.3 Å². The van der Waals surface area contributed by atoms with Gasteiger partial charge in [-0.3, -0.25) is 0 Å². The molecule has 0 aliphatic heterocycles. The van der Waals surface area contributed by atoms with E-state index < -0.39 is 11.4 Å². The first-order valence-electron chi connectivity index (χ1n) is 9.80. The Kier molecular flexibility index (Phi) is 5.87. The third kappa shape index (κ3) is 4.55. The molecule has 0 amide bonds. The van der Waals surface area contributed by atoms with Crippen molar-refractivity contribution in [3.05, 3.63) is 88.9 Å². The minimum atomic E-state index is -1.21. The van der Waals surface area contributed by atoms with Crippen molar-refractivity contribution >= 4 is 21.9 Å². The molecule has 1 fully saturated rings. The molecule has 0 saturated heterocycles. The number of hydrogen-bond acceptors (Lipinski definition) is 4. The highest BCUT2D eigenvalue weighted by molar-refractivity contribution is 9.10. The van der Waals surface area contributed by atoms with Crippen LogP contribution in [-0.2, 0) is 11.2 Å². The maximum Gasteiger partial charge on any atom is 0.332 e. The van der Waals surface area contributed by atoms with Crippen LogP contribution < -0.4 is 9.47 Å². The summed E-state index contributed by atoms with van der Waals surface area (Å²) in [5, 5.41) is 10.1. The van der Waals surface area contributed by atoms with Gasteiger partial charge in [0.15, 0.2) is 5.41 Å². The number of esters is 1. The fourth-order valence-electron chi connectivity index (χ4n) is 3.50. The molecule has 5 heteroatoms. The molecule has 0 aromatic heterocycles. The van der Waals surface area contributed by atoms with E-state index in [9.17, 15) is 10.1 Å². The van der Waals surface area contributed by atoms with Gasteiger partial charge in [-0.25, -0.2) is 4.79 Å². The molecule has 0 spiro atoms. The van der Waals surface area contributed by atoms with Crippen LogP contribution in [0.2, 0.25) is 0 Å². The minimum absolute atomic E-state index is 0.00384. The quantitative estimate of drug-likeness (QED) is 0.305. The van der Waals surface area contributed by atoms with E-state index in [0.717, 1.165) is 28.6 Å². The van der Waals surface area contributed by atoms with Crippen LogP contribution in [0, 0.1) is 22.7 Å². The molecule has 3 aromatic carbocycles. The van der Waals surface area contributed by atoms with Gasteiger partial charge in [-0.2, -0.15) is 5.26 Å². The lowest BCUT2D eigenvalue weighted by molar-refractivity contribution is -0.143. The molecular weight excluding hydrogens is 442 g/mol. The fraction of sp³-hybridized carbons (Fsp3) is 0.200. The van der Waals surface area contributed by atoms with E-state index in [2.05, 4.69) is 22.0 Å². The zero-order valence-corrected chi connectivity index (χ0v) is 17.8. The Balaban J connectivity index is 1.56. The maximum absolute atomic E-state index is 13.1. The first-order valence-corrected chi connectivity index (χ1v) is 10.6. The van der Waals surface area contributed by atoms with Gasteiger partial charge < -0.3 is 9.47 Å². The van der Waals surface area contributed by atoms with Gasteiger partial charge in [-0.05, 0) is 72.9 Å². The monoisotopic (exact) mass is 461 g/mol. The van der Waals surface area contributed by atoms with Crippen LogP contribution in [-0.4, -0.2) is 5.97 Å². The highest BCUT2D eigenvalue weighted by atomic mass is 79.9. The Hall–Kier alpha value is -3.10. The lowest BCUT2D eigenvalue weighted by Crippen LogP contribution is -2.38.